The molecule has 1 atom stereocenters. The van der Waals surface area contributed by atoms with Gasteiger partial charge in [0.15, 0.2) is 0 Å². The molecule has 0 saturated carbocycles. The molecular weight excluding hydrogens is 180 g/mol. The molecule has 0 spiro atoms. The van der Waals surface area contributed by atoms with Crippen LogP contribution in [0.4, 0.5) is 0 Å². The third kappa shape index (κ3) is 2.43. The van der Waals surface area contributed by atoms with Crippen LogP contribution in [0.15, 0.2) is 0 Å². The molecule has 0 rings (SSSR count). The SMILES string of the molecule is CNS(=O)(=O)N(C)C(C)C(=N)N. The summed E-state index contributed by atoms with van der Waals surface area (Å²) in [5, 5.41) is 7.03. The number of hydrogen-bond acceptors (Lipinski definition) is 3. The first kappa shape index (κ1) is 11.3. The molecular formula is C5H14N4O2S. The lowest BCUT2D eigenvalue weighted by Gasteiger charge is -2.22. The summed E-state index contributed by atoms with van der Waals surface area (Å²) in [5.74, 6) is -0.184. The van der Waals surface area contributed by atoms with E-state index in [0.717, 1.165) is 4.31 Å². The minimum absolute atomic E-state index is 0.184. The molecule has 0 aliphatic heterocycles. The predicted molar refractivity (Wildman–Crippen MR) is 47.1 cm³/mol. The van der Waals surface area contributed by atoms with Crippen molar-refractivity contribution in [2.75, 3.05) is 14.1 Å². The molecule has 0 fully saturated rings. The zero-order valence-electron chi connectivity index (χ0n) is 7.33. The smallest absolute Gasteiger partial charge is 0.279 e. The van der Waals surface area contributed by atoms with E-state index in [1.54, 1.807) is 0 Å². The van der Waals surface area contributed by atoms with E-state index in [9.17, 15) is 8.42 Å². The maximum atomic E-state index is 11.1. The molecule has 0 aliphatic carbocycles. The van der Waals surface area contributed by atoms with E-state index in [2.05, 4.69) is 4.72 Å². The number of nitrogens with one attached hydrogen (secondary N) is 2. The van der Waals surface area contributed by atoms with Gasteiger partial charge in [-0.2, -0.15) is 12.7 Å². The van der Waals surface area contributed by atoms with E-state index in [-0.39, 0.29) is 5.84 Å². The predicted octanol–water partition coefficient (Wildman–Crippen LogP) is -1.29. The number of hydrogen-bond donors (Lipinski definition) is 3. The Morgan fingerprint density at radius 3 is 2.33 bits per heavy atom. The molecule has 4 N–H and O–H groups in total. The Morgan fingerprint density at radius 2 is 2.08 bits per heavy atom. The molecule has 0 saturated heterocycles. The van der Waals surface area contributed by atoms with E-state index in [0.29, 0.717) is 0 Å². The van der Waals surface area contributed by atoms with Crippen LogP contribution in [-0.4, -0.2) is 38.7 Å². The molecule has 0 aromatic carbocycles. The molecule has 6 nitrogen and oxygen atoms in total. The number of nitrogens with zero attached hydrogens (tertiary/aromatic N) is 1. The van der Waals surface area contributed by atoms with Crippen LogP contribution in [0.2, 0.25) is 0 Å². The van der Waals surface area contributed by atoms with Crippen LogP contribution in [0, 0.1) is 5.41 Å². The Labute approximate surface area is 72.4 Å². The van der Waals surface area contributed by atoms with E-state index in [4.69, 9.17) is 11.1 Å². The maximum Gasteiger partial charge on any atom is 0.279 e. The van der Waals surface area contributed by atoms with Gasteiger partial charge in [0.2, 0.25) is 0 Å². The normalized spacial score (nSPS) is 14.7. The van der Waals surface area contributed by atoms with Crippen molar-refractivity contribution in [1.29, 1.82) is 5.41 Å². The quantitative estimate of drug-likeness (QED) is 0.383. The summed E-state index contributed by atoms with van der Waals surface area (Å²) < 4.78 is 25.3. The first-order chi connectivity index (χ1) is 5.33. The summed E-state index contributed by atoms with van der Waals surface area (Å²) >= 11 is 0. The molecule has 0 aromatic rings. The van der Waals surface area contributed by atoms with E-state index in [1.165, 1.54) is 21.0 Å². The second kappa shape index (κ2) is 3.83. The van der Waals surface area contributed by atoms with Crippen molar-refractivity contribution in [2.24, 2.45) is 5.73 Å². The van der Waals surface area contributed by atoms with E-state index in [1.807, 2.05) is 0 Å². The third-order valence-electron chi connectivity index (χ3n) is 1.63. The highest BCUT2D eigenvalue weighted by Crippen LogP contribution is 1.99. The summed E-state index contributed by atoms with van der Waals surface area (Å²) in [6.45, 7) is 1.54. The fraction of sp³-hybridized carbons (Fsp3) is 0.800. The highest BCUT2D eigenvalue weighted by molar-refractivity contribution is 7.87. The van der Waals surface area contributed by atoms with Gasteiger partial charge in [-0.25, -0.2) is 4.72 Å². The summed E-state index contributed by atoms with van der Waals surface area (Å²) in [6.07, 6.45) is 0. The van der Waals surface area contributed by atoms with Gasteiger partial charge in [0.1, 0.15) is 5.84 Å². The average molecular weight is 194 g/mol. The summed E-state index contributed by atoms with van der Waals surface area (Å²) in [4.78, 5) is 0. The van der Waals surface area contributed by atoms with Crippen molar-refractivity contribution in [2.45, 2.75) is 13.0 Å². The zero-order valence-corrected chi connectivity index (χ0v) is 8.14. The minimum atomic E-state index is -3.48. The van der Waals surface area contributed by atoms with Crippen molar-refractivity contribution in [3.05, 3.63) is 0 Å². The largest absolute Gasteiger partial charge is 0.386 e. The lowest BCUT2D eigenvalue weighted by atomic mass is 10.3. The molecule has 0 heterocycles. The molecule has 7 heteroatoms. The average Bonchev–Trinajstić information content (AvgIpc) is 2.01. The molecule has 1 unspecified atom stereocenters. The van der Waals surface area contributed by atoms with Crippen LogP contribution in [0.1, 0.15) is 6.92 Å². The van der Waals surface area contributed by atoms with Gasteiger partial charge >= 0.3 is 0 Å². The van der Waals surface area contributed by atoms with Crippen molar-refractivity contribution in [3.63, 3.8) is 0 Å². The van der Waals surface area contributed by atoms with Crippen molar-refractivity contribution < 1.29 is 8.42 Å². The molecule has 0 bridgehead atoms. The monoisotopic (exact) mass is 194 g/mol. The van der Waals surface area contributed by atoms with Gasteiger partial charge in [-0.05, 0) is 6.92 Å². The van der Waals surface area contributed by atoms with Gasteiger partial charge in [-0.1, -0.05) is 0 Å². The maximum absolute atomic E-state index is 11.1. The molecule has 72 valence electrons. The highest BCUT2D eigenvalue weighted by atomic mass is 32.2. The molecule has 0 aliphatic rings. The van der Waals surface area contributed by atoms with Crippen LogP contribution < -0.4 is 10.5 Å². The summed E-state index contributed by atoms with van der Waals surface area (Å²) in [5.41, 5.74) is 5.14. The fourth-order valence-corrected chi connectivity index (χ4v) is 1.37. The van der Waals surface area contributed by atoms with Gasteiger partial charge in [0, 0.05) is 14.1 Å². The lowest BCUT2D eigenvalue weighted by molar-refractivity contribution is 0.441. The molecule has 0 radical (unpaired) electrons. The fourth-order valence-electron chi connectivity index (χ4n) is 0.548. The Hall–Kier alpha value is -0.660. The first-order valence-corrected chi connectivity index (χ1v) is 4.77. The minimum Gasteiger partial charge on any atom is -0.386 e. The van der Waals surface area contributed by atoms with Crippen LogP contribution in [0.5, 0.6) is 0 Å². The number of likely N-dealkylation sites (N-methyl/N-ethyl adjacent to an activating group) is 1. The zero-order chi connectivity index (χ0) is 9.94. The Morgan fingerprint density at radius 1 is 1.67 bits per heavy atom. The van der Waals surface area contributed by atoms with Gasteiger partial charge < -0.3 is 5.73 Å². The Bertz CT molecular complexity index is 261. The van der Waals surface area contributed by atoms with Gasteiger partial charge in [-0.3, -0.25) is 5.41 Å². The second-order valence-corrected chi connectivity index (χ2v) is 4.29. The lowest BCUT2D eigenvalue weighted by Crippen LogP contribution is -2.47. The molecule has 12 heavy (non-hydrogen) atoms. The van der Waals surface area contributed by atoms with Crippen LogP contribution in [0.25, 0.3) is 0 Å². The topological polar surface area (TPSA) is 99.3 Å². The van der Waals surface area contributed by atoms with Crippen LogP contribution >= 0.6 is 0 Å². The first-order valence-electron chi connectivity index (χ1n) is 3.33. The molecule has 0 amide bonds. The van der Waals surface area contributed by atoms with Crippen LogP contribution in [0.3, 0.4) is 0 Å². The number of nitrogens with two attached hydrogens (primary N) is 1. The third-order valence-corrected chi connectivity index (χ3v) is 3.22. The summed E-state index contributed by atoms with van der Waals surface area (Å²) in [7, 11) is -0.817. The number of rotatable bonds is 4. The Balaban J connectivity index is 4.61. The van der Waals surface area contributed by atoms with E-state index < -0.39 is 16.3 Å². The molecule has 0 aromatic heterocycles. The Kier molecular flexibility index (Phi) is 3.62. The van der Waals surface area contributed by atoms with Gasteiger partial charge in [0.05, 0.1) is 6.04 Å². The summed E-state index contributed by atoms with van der Waals surface area (Å²) in [6, 6.07) is -0.623. The second-order valence-electron chi connectivity index (χ2n) is 2.36. The van der Waals surface area contributed by atoms with E-state index >= 15 is 0 Å². The van der Waals surface area contributed by atoms with Gasteiger partial charge in [0.25, 0.3) is 10.2 Å². The standard InChI is InChI=1S/C5H14N4O2S/c1-4(5(6)7)9(3)12(10,11)8-2/h4,8H,1-3H3,(H3,6,7). The van der Waals surface area contributed by atoms with Crippen molar-refractivity contribution >= 4 is 16.0 Å². The van der Waals surface area contributed by atoms with Crippen molar-refractivity contribution in [3.8, 4) is 0 Å². The van der Waals surface area contributed by atoms with Gasteiger partial charge in [-0.15, -0.1) is 0 Å². The number of amidine groups is 1. The highest BCUT2D eigenvalue weighted by Gasteiger charge is 2.22. The van der Waals surface area contributed by atoms with Crippen molar-refractivity contribution in [1.82, 2.24) is 9.03 Å². The van der Waals surface area contributed by atoms with Crippen LogP contribution in [-0.2, 0) is 10.2 Å².